The summed E-state index contributed by atoms with van der Waals surface area (Å²) < 4.78 is 214. The molecule has 0 aliphatic heterocycles. The van der Waals surface area contributed by atoms with Gasteiger partial charge in [-0.25, -0.2) is 47.8 Å². The fourth-order valence-electron chi connectivity index (χ4n) is 16.9. The average Bonchev–Trinajstić information content (AvgIpc) is 1.52. The molecule has 20 aromatic rings. The molecule has 644 valence electrons. The molecule has 5 aromatic carbocycles. The molecule has 21 rings (SSSR count). The van der Waals surface area contributed by atoms with E-state index >= 15 is 0 Å². The molecule has 1 aliphatic rings. The first kappa shape index (κ1) is 64.0. The van der Waals surface area contributed by atoms with Crippen molar-refractivity contribution < 1.29 is 75.1 Å². The van der Waals surface area contributed by atoms with Crippen molar-refractivity contribution in [3.63, 3.8) is 0 Å². The molecule has 15 aromatic heterocycles. The van der Waals surface area contributed by atoms with E-state index in [1.54, 1.807) is 105 Å². The highest BCUT2D eigenvalue weighted by Crippen LogP contribution is 2.44. The Balaban J connectivity index is 0.000000133. The third-order valence-corrected chi connectivity index (χ3v) is 23.2. The second-order valence-corrected chi connectivity index (χ2v) is 33.0. The van der Waals surface area contributed by atoms with Gasteiger partial charge >= 0.3 is 0 Å². The van der Waals surface area contributed by atoms with Crippen LogP contribution < -0.4 is 22.8 Å². The number of hydrogen-bond donors (Lipinski definition) is 0. The summed E-state index contributed by atoms with van der Waals surface area (Å²) in [7, 11) is 9.40. The normalized spacial score (nSPS) is 16.8. The number of furan rings is 5. The van der Waals surface area contributed by atoms with Crippen molar-refractivity contribution in [3.05, 3.63) is 298 Å². The van der Waals surface area contributed by atoms with Crippen molar-refractivity contribution in [2.45, 2.75) is 167 Å². The number of pyridine rings is 10. The topological polar surface area (TPSA) is 150 Å². The van der Waals surface area contributed by atoms with Gasteiger partial charge in [0.05, 0.1) is 29.2 Å². The lowest BCUT2D eigenvalue weighted by molar-refractivity contribution is -0.660. The van der Waals surface area contributed by atoms with Crippen LogP contribution in [0.15, 0.2) is 241 Å². The minimum absolute atomic E-state index is 0.0137. The lowest BCUT2D eigenvalue weighted by atomic mass is 9.86. The molecule has 1 fully saturated rings. The van der Waals surface area contributed by atoms with E-state index in [4.69, 9.17) is 52.2 Å². The van der Waals surface area contributed by atoms with Gasteiger partial charge in [-0.3, -0.25) is 0 Å². The van der Waals surface area contributed by atoms with Crippen LogP contribution in [-0.2, 0) is 48.1 Å². The van der Waals surface area contributed by atoms with Crippen LogP contribution >= 0.6 is 0 Å². The number of rotatable bonds is 10. The zero-order valence-corrected chi connectivity index (χ0v) is 74.9. The van der Waals surface area contributed by atoms with Gasteiger partial charge in [0.2, 0.25) is 57.0 Å². The first-order chi connectivity index (χ1) is 70.3. The minimum Gasteiger partial charge on any atom is -0.437 e. The van der Waals surface area contributed by atoms with Gasteiger partial charge in [0.25, 0.3) is 0 Å². The van der Waals surface area contributed by atoms with Crippen LogP contribution in [0.3, 0.4) is 0 Å². The van der Waals surface area contributed by atoms with Gasteiger partial charge in [-0.1, -0.05) is 114 Å². The van der Waals surface area contributed by atoms with Gasteiger partial charge in [0, 0.05) is 176 Å². The molecule has 128 heavy (non-hydrogen) atoms. The van der Waals surface area contributed by atoms with Gasteiger partial charge < -0.3 is 22.1 Å². The van der Waals surface area contributed by atoms with Crippen molar-refractivity contribution in [1.29, 1.82) is 0 Å². The molecule has 0 radical (unpaired) electrons. The average molecular weight is 1720 g/mol. The fraction of sp³-hybridized carbons (Fsp3) is 0.274. The van der Waals surface area contributed by atoms with E-state index in [1.165, 1.54) is 6.92 Å². The van der Waals surface area contributed by atoms with Crippen molar-refractivity contribution in [3.8, 4) is 68.6 Å². The summed E-state index contributed by atoms with van der Waals surface area (Å²) in [6.07, 6.45) is 10.9. The number of hydrogen-bond acceptors (Lipinski definition) is 10. The van der Waals surface area contributed by atoms with Crippen LogP contribution in [0.4, 0.5) is 0 Å². The highest BCUT2D eigenvalue weighted by atomic mass is 16.4. The van der Waals surface area contributed by atoms with Crippen LogP contribution in [0.25, 0.3) is 167 Å². The minimum atomic E-state index is -2.42. The molecule has 0 bridgehead atoms. The molecule has 0 N–H and O–H groups in total. The standard InChI is InChI=1S/C25H27N2O.C23H25N2O.C22H23N2O.C21H21N2O.C19H17N2O.C3H4/c1-16-9-14-22(27(3)15-16)23-17(2)10-11-19-20-12-13-21(18-7-5-4-6-8-18)26-25(20)28-24(19)23;1-14(2)12-17-8-10-19-18-9-7-16(4)21(22(18)26-23(19)24-17)20-11-6-15(3)13-25(20)5;1-13(2)18-10-9-17-16-8-7-15(4)20(21(16)25-22(17)23-18)19-11-6-14(3)12-24(19)5;1-5-15-8-10-17-16-9-7-14(3)19(20(16)24-21(17)22-15)18-11-6-13(2)12-23(18)4;1-12-6-9-16(21(3)11-12)17-13(2)7-8-14-15-5-4-10-20-19(15)22-18(14)17;1-3-2/h9-15,18H,4-8H2,1-3H3;6-11,13-14H,12H2,1-5H3;6-13H,1-5H3;6-12H,5H2,1-4H3;4-11H,1-3H3;1H,2H3/q5*+1;/i7D2,8D2,18D;1D3,3D2,14D;3D3,13D;2D3;1D3,10D;. The second-order valence-electron chi connectivity index (χ2n) is 33.0. The quantitative estimate of drug-likeness (QED) is 0.0956. The SMILES string of the molecule is C#CC.[2H]C([2H])([2H])c1ccc(-c2c(C)ccc3c2oc2nc(C([2H])(C)C)ccc23)[n+](C)c1.[2H]C([2H])([2H])c1ccc(-c2c(C)ccc3c2oc2nc(CC)ccc23)[n+](C)c1.[2H]C([2H])c1ccc(-c2c(C)ccc3c2oc2nc(CC([2H])(C)C([2H])([2H])[2H])ccc23)[n+](C)c1.[2H]C1([2H])CCCC([2H])([2H])C1([2H])c1ccc2c(n1)oc1c(-c3ccc(C)c[n+]3C)c(C)ccc12.[2H]c1ccc2c(n1)oc1c(-c3ccc(C([2H])([2H])[2H])c[n+]3C)c(C)ccc12. The lowest BCUT2D eigenvalue weighted by Crippen LogP contribution is -2.31. The predicted molar refractivity (Wildman–Crippen MR) is 520 cm³/mol. The van der Waals surface area contributed by atoms with E-state index in [-0.39, 0.29) is 31.1 Å². The van der Waals surface area contributed by atoms with Gasteiger partial charge in [-0.2, -0.15) is 0 Å². The van der Waals surface area contributed by atoms with Crippen molar-refractivity contribution in [1.82, 2.24) is 24.9 Å². The van der Waals surface area contributed by atoms with Gasteiger partial charge in [0.15, 0.2) is 58.9 Å². The van der Waals surface area contributed by atoms with Gasteiger partial charge in [-0.15, -0.1) is 12.3 Å². The molecule has 15 heterocycles. The summed E-state index contributed by atoms with van der Waals surface area (Å²) in [5.74, 6) is -2.33. The Kier molecular flexibility index (Phi) is 18.5. The predicted octanol–water partition coefficient (Wildman–Crippen LogP) is 26.0. The third kappa shape index (κ3) is 17.5. The summed E-state index contributed by atoms with van der Waals surface area (Å²) in [6, 6.07) is 56.8. The Morgan fingerprint density at radius 1 is 0.414 bits per heavy atom. The maximum atomic E-state index is 8.98. The Hall–Kier alpha value is -13.8. The number of benzene rings is 5. The highest BCUT2D eigenvalue weighted by Gasteiger charge is 2.29. The van der Waals surface area contributed by atoms with Crippen LogP contribution in [0.2, 0.25) is 0 Å². The number of fused-ring (bicyclic) bond motifs is 15. The summed E-state index contributed by atoms with van der Waals surface area (Å²) in [4.78, 5) is 22.5. The van der Waals surface area contributed by atoms with Crippen LogP contribution in [0.1, 0.15) is 194 Å². The van der Waals surface area contributed by atoms with Crippen molar-refractivity contribution in [2.75, 3.05) is 0 Å². The molecule has 0 amide bonds. The third-order valence-electron chi connectivity index (χ3n) is 23.2. The Morgan fingerprint density at radius 3 is 1.14 bits per heavy atom. The Morgan fingerprint density at radius 2 is 0.750 bits per heavy atom. The van der Waals surface area contributed by atoms with Gasteiger partial charge in [-0.05, 0) is 232 Å². The fourth-order valence-corrected chi connectivity index (χ4v) is 16.9. The molecule has 1 saturated carbocycles. The van der Waals surface area contributed by atoms with E-state index in [0.717, 1.165) is 161 Å². The molecule has 0 saturated heterocycles. The molecule has 15 heteroatoms. The van der Waals surface area contributed by atoms with Gasteiger partial charge in [0.1, 0.15) is 35.2 Å². The maximum absolute atomic E-state index is 8.98. The van der Waals surface area contributed by atoms with E-state index in [0.29, 0.717) is 91.0 Å². The van der Waals surface area contributed by atoms with Crippen LogP contribution in [0.5, 0.6) is 0 Å². The van der Waals surface area contributed by atoms with Crippen LogP contribution in [0, 0.1) is 87.2 Å². The second kappa shape index (κ2) is 37.0. The molecule has 15 nitrogen and oxygen atoms in total. The first-order valence-electron chi connectivity index (χ1n) is 53.7. The molecule has 0 spiro atoms. The number of terminal acetylenes is 1. The summed E-state index contributed by atoms with van der Waals surface area (Å²) in [6.45, 7) is 10.9. The lowest BCUT2D eigenvalue weighted by Gasteiger charge is -2.20. The maximum Gasteiger partial charge on any atom is 0.227 e. The summed E-state index contributed by atoms with van der Waals surface area (Å²) >= 11 is 0. The largest absolute Gasteiger partial charge is 0.437 e. The van der Waals surface area contributed by atoms with Crippen LogP contribution in [-0.4, -0.2) is 24.9 Å². The molecule has 1 atom stereocenters. The molecule has 1 aliphatic carbocycles. The Labute approximate surface area is 781 Å². The zero-order valence-electron chi connectivity index (χ0n) is 96.9. The zero-order chi connectivity index (χ0) is 109. The summed E-state index contributed by atoms with van der Waals surface area (Å²) in [5.41, 5.74) is 25.0. The molecular formula is C113H117N10O5+5. The van der Waals surface area contributed by atoms with E-state index in [1.807, 2.05) is 188 Å². The first-order valence-corrected chi connectivity index (χ1v) is 42.6. The molecule has 1 unspecified atom stereocenters. The van der Waals surface area contributed by atoms with Crippen molar-refractivity contribution in [2.24, 2.45) is 41.1 Å². The summed E-state index contributed by atoms with van der Waals surface area (Å²) in [5, 5.41) is 9.01. The van der Waals surface area contributed by atoms with E-state index in [9.17, 15) is 0 Å². The Bertz CT molecular complexity index is 8720. The number of aryl methyl sites for hydroxylation is 16. The smallest absolute Gasteiger partial charge is 0.227 e. The van der Waals surface area contributed by atoms with E-state index in [2.05, 4.69) is 85.3 Å². The number of nitrogens with zero attached hydrogens (tertiary/aromatic N) is 10. The molecular weight excluding hydrogens is 1580 g/mol. The monoisotopic (exact) mass is 1720 g/mol. The number of aromatic nitrogens is 10. The highest BCUT2D eigenvalue weighted by molar-refractivity contribution is 6.13. The van der Waals surface area contributed by atoms with E-state index < -0.39 is 64.7 Å². The van der Waals surface area contributed by atoms with Crippen molar-refractivity contribution >= 4 is 110 Å².